The summed E-state index contributed by atoms with van der Waals surface area (Å²) in [5.41, 5.74) is 0. The van der Waals surface area contributed by atoms with Gasteiger partial charge in [0.2, 0.25) is 0 Å². The van der Waals surface area contributed by atoms with Crippen molar-refractivity contribution in [3.8, 4) is 0 Å². The third kappa shape index (κ3) is 2.76. The van der Waals surface area contributed by atoms with Gasteiger partial charge in [-0.15, -0.1) is 0 Å². The minimum Gasteiger partial charge on any atom is -0.309 e. The zero-order chi connectivity index (χ0) is 11.7. The van der Waals surface area contributed by atoms with Gasteiger partial charge in [0.25, 0.3) is 0 Å². The second-order valence-corrected chi connectivity index (χ2v) is 5.95. The van der Waals surface area contributed by atoms with E-state index in [-0.39, 0.29) is 0 Å². The Hall–Kier alpha value is -0.120. The van der Waals surface area contributed by atoms with Crippen LogP contribution in [0.3, 0.4) is 0 Å². The molecular weight excluding hydrogens is 198 g/mol. The van der Waals surface area contributed by atoms with Crippen molar-refractivity contribution in [1.82, 2.24) is 15.1 Å². The second kappa shape index (κ2) is 5.03. The first-order valence-electron chi connectivity index (χ1n) is 6.80. The molecule has 0 aromatic heterocycles. The van der Waals surface area contributed by atoms with E-state index >= 15 is 0 Å². The van der Waals surface area contributed by atoms with Crippen molar-refractivity contribution in [3.05, 3.63) is 0 Å². The van der Waals surface area contributed by atoms with Crippen molar-refractivity contribution in [3.63, 3.8) is 0 Å². The monoisotopic (exact) mass is 225 g/mol. The zero-order valence-corrected chi connectivity index (χ0v) is 11.2. The van der Waals surface area contributed by atoms with Crippen LogP contribution < -0.4 is 5.32 Å². The molecule has 3 heteroatoms. The Morgan fingerprint density at radius 2 is 1.69 bits per heavy atom. The van der Waals surface area contributed by atoms with E-state index in [1.54, 1.807) is 0 Å². The molecular formula is C13H27N3. The lowest BCUT2D eigenvalue weighted by molar-refractivity contribution is 0.120. The van der Waals surface area contributed by atoms with Crippen molar-refractivity contribution >= 4 is 0 Å². The van der Waals surface area contributed by atoms with Crippen molar-refractivity contribution in [2.45, 2.75) is 58.3 Å². The van der Waals surface area contributed by atoms with Gasteiger partial charge in [-0.2, -0.15) is 0 Å². The smallest absolute Gasteiger partial charge is 0.0236 e. The number of hydrogen-bond acceptors (Lipinski definition) is 3. The number of hydrogen-bond donors (Lipinski definition) is 1. The van der Waals surface area contributed by atoms with Gasteiger partial charge in [-0.25, -0.2) is 0 Å². The highest BCUT2D eigenvalue weighted by molar-refractivity contribution is 4.90. The summed E-state index contributed by atoms with van der Waals surface area (Å²) in [5, 5.41) is 3.61. The van der Waals surface area contributed by atoms with Gasteiger partial charge in [0, 0.05) is 50.3 Å². The third-order valence-corrected chi connectivity index (χ3v) is 4.03. The van der Waals surface area contributed by atoms with E-state index in [0.717, 1.165) is 6.04 Å². The molecule has 3 nitrogen and oxygen atoms in total. The first kappa shape index (κ1) is 12.3. The third-order valence-electron chi connectivity index (χ3n) is 4.03. The highest BCUT2D eigenvalue weighted by Crippen LogP contribution is 2.20. The molecule has 0 aromatic rings. The molecule has 1 N–H and O–H groups in total. The van der Waals surface area contributed by atoms with Crippen LogP contribution in [0.2, 0.25) is 0 Å². The number of likely N-dealkylation sites (tertiary alicyclic amines) is 1. The maximum Gasteiger partial charge on any atom is 0.0236 e. The van der Waals surface area contributed by atoms with Gasteiger partial charge >= 0.3 is 0 Å². The second-order valence-electron chi connectivity index (χ2n) is 5.95. The standard InChI is InChI=1S/C13H27N3/c1-10(2)15-6-5-13(9-15)16-7-11(3)14-12(4)8-16/h10-14H,5-9H2,1-4H3. The molecule has 3 atom stereocenters. The van der Waals surface area contributed by atoms with Gasteiger partial charge in [0.15, 0.2) is 0 Å². The summed E-state index contributed by atoms with van der Waals surface area (Å²) in [6, 6.07) is 2.81. The molecule has 2 fully saturated rings. The maximum absolute atomic E-state index is 3.61. The van der Waals surface area contributed by atoms with Crippen LogP contribution in [-0.2, 0) is 0 Å². The van der Waals surface area contributed by atoms with Crippen molar-refractivity contribution in [2.24, 2.45) is 0 Å². The molecule has 0 aliphatic carbocycles. The topological polar surface area (TPSA) is 18.5 Å². The molecule has 2 aliphatic rings. The van der Waals surface area contributed by atoms with Gasteiger partial charge < -0.3 is 5.32 Å². The Balaban J connectivity index is 1.88. The molecule has 94 valence electrons. The minimum absolute atomic E-state index is 0.650. The summed E-state index contributed by atoms with van der Waals surface area (Å²) in [5.74, 6) is 0. The average molecular weight is 225 g/mol. The van der Waals surface area contributed by atoms with Gasteiger partial charge in [-0.05, 0) is 34.1 Å². The Kier molecular flexibility index (Phi) is 3.88. The number of nitrogens with zero attached hydrogens (tertiary/aromatic N) is 2. The Morgan fingerprint density at radius 1 is 1.06 bits per heavy atom. The molecule has 16 heavy (non-hydrogen) atoms. The lowest BCUT2D eigenvalue weighted by atomic mass is 10.1. The van der Waals surface area contributed by atoms with E-state index in [2.05, 4.69) is 42.8 Å². The number of piperazine rings is 1. The summed E-state index contributed by atoms with van der Waals surface area (Å²) in [6.07, 6.45) is 1.36. The average Bonchev–Trinajstić information content (AvgIpc) is 2.64. The predicted octanol–water partition coefficient (Wildman–Crippen LogP) is 1.15. The normalized spacial score (nSPS) is 38.4. The summed E-state index contributed by atoms with van der Waals surface area (Å²) in [7, 11) is 0. The molecule has 0 bridgehead atoms. The Labute approximate surface area is 100 Å². The van der Waals surface area contributed by atoms with Crippen molar-refractivity contribution < 1.29 is 0 Å². The molecule has 0 spiro atoms. The number of nitrogens with one attached hydrogen (secondary N) is 1. The van der Waals surface area contributed by atoms with Gasteiger partial charge in [-0.1, -0.05) is 0 Å². The van der Waals surface area contributed by atoms with Crippen LogP contribution in [0.25, 0.3) is 0 Å². The fraction of sp³-hybridized carbons (Fsp3) is 1.00. The molecule has 2 rings (SSSR count). The summed E-state index contributed by atoms with van der Waals surface area (Å²) >= 11 is 0. The summed E-state index contributed by atoms with van der Waals surface area (Å²) < 4.78 is 0. The van der Waals surface area contributed by atoms with Crippen LogP contribution >= 0.6 is 0 Å². The van der Waals surface area contributed by atoms with Gasteiger partial charge in [0.05, 0.1) is 0 Å². The maximum atomic E-state index is 3.61. The van der Waals surface area contributed by atoms with Crippen LogP contribution in [0.5, 0.6) is 0 Å². The lowest BCUT2D eigenvalue weighted by Gasteiger charge is -2.39. The first-order chi connectivity index (χ1) is 7.56. The Morgan fingerprint density at radius 3 is 2.19 bits per heavy atom. The zero-order valence-electron chi connectivity index (χ0n) is 11.2. The van der Waals surface area contributed by atoms with Crippen LogP contribution in [0.1, 0.15) is 34.1 Å². The SMILES string of the molecule is CC1CN(C2CCN(C(C)C)C2)CC(C)N1. The molecule has 2 saturated heterocycles. The fourth-order valence-electron chi connectivity index (χ4n) is 3.20. The molecule has 3 unspecified atom stereocenters. The quantitative estimate of drug-likeness (QED) is 0.760. The molecule has 0 aromatic carbocycles. The molecule has 0 saturated carbocycles. The van der Waals surface area contributed by atoms with E-state index in [1.165, 1.54) is 32.6 Å². The van der Waals surface area contributed by atoms with Crippen molar-refractivity contribution in [1.29, 1.82) is 0 Å². The highest BCUT2D eigenvalue weighted by atomic mass is 15.3. The van der Waals surface area contributed by atoms with Crippen LogP contribution in [-0.4, -0.2) is 60.1 Å². The van der Waals surface area contributed by atoms with Crippen LogP contribution in [0.4, 0.5) is 0 Å². The van der Waals surface area contributed by atoms with E-state index in [4.69, 9.17) is 0 Å². The Bertz CT molecular complexity index is 219. The van der Waals surface area contributed by atoms with E-state index in [9.17, 15) is 0 Å². The van der Waals surface area contributed by atoms with E-state index in [0.29, 0.717) is 18.1 Å². The number of rotatable bonds is 2. The van der Waals surface area contributed by atoms with Gasteiger partial charge in [-0.3, -0.25) is 9.80 Å². The minimum atomic E-state index is 0.650. The highest BCUT2D eigenvalue weighted by Gasteiger charge is 2.32. The predicted molar refractivity (Wildman–Crippen MR) is 68.7 cm³/mol. The molecule has 2 aliphatic heterocycles. The first-order valence-corrected chi connectivity index (χ1v) is 6.80. The lowest BCUT2D eigenvalue weighted by Crippen LogP contribution is -2.57. The van der Waals surface area contributed by atoms with E-state index in [1.807, 2.05) is 0 Å². The molecule has 0 radical (unpaired) electrons. The van der Waals surface area contributed by atoms with Crippen LogP contribution in [0, 0.1) is 0 Å². The summed E-state index contributed by atoms with van der Waals surface area (Å²) in [6.45, 7) is 14.2. The van der Waals surface area contributed by atoms with E-state index < -0.39 is 0 Å². The van der Waals surface area contributed by atoms with Crippen molar-refractivity contribution in [2.75, 3.05) is 26.2 Å². The largest absolute Gasteiger partial charge is 0.309 e. The fourth-order valence-corrected chi connectivity index (χ4v) is 3.20. The van der Waals surface area contributed by atoms with Crippen LogP contribution in [0.15, 0.2) is 0 Å². The summed E-state index contributed by atoms with van der Waals surface area (Å²) in [4.78, 5) is 5.32. The molecule has 2 heterocycles. The molecule has 0 amide bonds. The van der Waals surface area contributed by atoms with Gasteiger partial charge in [0.1, 0.15) is 0 Å².